The number of carbonyl (C=O) groups excluding carboxylic acids is 1. The molecule has 0 fully saturated rings. The highest BCUT2D eigenvalue weighted by molar-refractivity contribution is 14.1. The molecule has 1 amide bonds. The van der Waals surface area contributed by atoms with Crippen molar-refractivity contribution in [3.63, 3.8) is 0 Å². The molecule has 20 heavy (non-hydrogen) atoms. The zero-order valence-corrected chi connectivity index (χ0v) is 13.3. The van der Waals surface area contributed by atoms with Crippen molar-refractivity contribution in [1.29, 1.82) is 0 Å². The van der Waals surface area contributed by atoms with Crippen molar-refractivity contribution in [2.75, 3.05) is 5.32 Å². The molecule has 1 aliphatic heterocycles. The highest BCUT2D eigenvalue weighted by Gasteiger charge is 2.14. The average Bonchev–Trinajstić information content (AvgIpc) is 2.89. The van der Waals surface area contributed by atoms with Crippen molar-refractivity contribution in [2.24, 2.45) is 0 Å². The van der Waals surface area contributed by atoms with Gasteiger partial charge in [0.1, 0.15) is 0 Å². The topological polar surface area (TPSA) is 41.1 Å². The smallest absolute Gasteiger partial charge is 0.255 e. The monoisotopic (exact) mass is 378 g/mol. The van der Waals surface area contributed by atoms with Gasteiger partial charge in [0.2, 0.25) is 0 Å². The van der Waals surface area contributed by atoms with E-state index in [1.807, 2.05) is 37.3 Å². The number of fused-ring (bicyclic) bond motifs is 1. The quantitative estimate of drug-likeness (QED) is 0.786. The number of nitrogens with one attached hydrogen (secondary N) is 2. The minimum absolute atomic E-state index is 0.0518. The molecule has 0 atom stereocenters. The van der Waals surface area contributed by atoms with Gasteiger partial charge in [-0.15, -0.1) is 0 Å². The zero-order valence-electron chi connectivity index (χ0n) is 11.2. The predicted molar refractivity (Wildman–Crippen MR) is 88.8 cm³/mol. The van der Waals surface area contributed by atoms with Gasteiger partial charge in [0.25, 0.3) is 5.91 Å². The molecule has 0 aliphatic carbocycles. The molecule has 0 spiro atoms. The third-order valence-electron chi connectivity index (χ3n) is 3.54. The fraction of sp³-hybridized carbons (Fsp3) is 0.188. The van der Waals surface area contributed by atoms with Crippen LogP contribution in [0.3, 0.4) is 0 Å². The Labute approximate surface area is 131 Å². The molecule has 1 aliphatic rings. The first kappa shape index (κ1) is 13.6. The van der Waals surface area contributed by atoms with Gasteiger partial charge in [-0.1, -0.05) is 6.07 Å². The summed E-state index contributed by atoms with van der Waals surface area (Å²) in [6.07, 6.45) is 0. The fourth-order valence-corrected chi connectivity index (χ4v) is 3.04. The number of hydrogen-bond acceptors (Lipinski definition) is 2. The molecule has 2 aromatic rings. The second-order valence-electron chi connectivity index (χ2n) is 5.00. The molecular formula is C16H15IN2O. The van der Waals surface area contributed by atoms with E-state index in [2.05, 4.69) is 39.3 Å². The Kier molecular flexibility index (Phi) is 3.76. The molecule has 3 nitrogen and oxygen atoms in total. The fourth-order valence-electron chi connectivity index (χ4n) is 2.40. The van der Waals surface area contributed by atoms with Crippen LogP contribution in [0.5, 0.6) is 0 Å². The van der Waals surface area contributed by atoms with Gasteiger partial charge in [0.15, 0.2) is 0 Å². The maximum atomic E-state index is 12.3. The Morgan fingerprint density at radius 1 is 1.15 bits per heavy atom. The molecule has 0 saturated carbocycles. The van der Waals surface area contributed by atoms with Crippen molar-refractivity contribution in [3.8, 4) is 0 Å². The van der Waals surface area contributed by atoms with Crippen LogP contribution in [-0.2, 0) is 13.1 Å². The minimum atomic E-state index is -0.0518. The van der Waals surface area contributed by atoms with Gasteiger partial charge < -0.3 is 10.6 Å². The van der Waals surface area contributed by atoms with Crippen LogP contribution in [0.25, 0.3) is 0 Å². The van der Waals surface area contributed by atoms with Gasteiger partial charge in [-0.3, -0.25) is 4.79 Å². The summed E-state index contributed by atoms with van der Waals surface area (Å²) in [5, 5.41) is 6.27. The molecule has 0 bridgehead atoms. The maximum absolute atomic E-state index is 12.3. The van der Waals surface area contributed by atoms with E-state index in [9.17, 15) is 4.79 Å². The summed E-state index contributed by atoms with van der Waals surface area (Å²) in [7, 11) is 0. The first-order chi connectivity index (χ1) is 9.63. The molecule has 1 heterocycles. The van der Waals surface area contributed by atoms with Crippen molar-refractivity contribution in [2.45, 2.75) is 20.0 Å². The van der Waals surface area contributed by atoms with E-state index >= 15 is 0 Å². The highest BCUT2D eigenvalue weighted by Crippen LogP contribution is 2.20. The number of halogens is 1. The number of hydrogen-bond donors (Lipinski definition) is 2. The third kappa shape index (κ3) is 2.71. The number of carbonyl (C=O) groups is 1. The largest absolute Gasteiger partial charge is 0.322 e. The SMILES string of the molecule is Cc1cc(I)ccc1NC(=O)c1ccc2c(c1)CNC2. The number of benzene rings is 2. The van der Waals surface area contributed by atoms with E-state index in [0.29, 0.717) is 5.56 Å². The first-order valence-corrected chi connectivity index (χ1v) is 7.61. The van der Waals surface area contributed by atoms with Gasteiger partial charge in [-0.2, -0.15) is 0 Å². The Morgan fingerprint density at radius 3 is 2.75 bits per heavy atom. The van der Waals surface area contributed by atoms with E-state index < -0.39 is 0 Å². The van der Waals surface area contributed by atoms with E-state index in [1.165, 1.54) is 14.7 Å². The summed E-state index contributed by atoms with van der Waals surface area (Å²) in [5.74, 6) is -0.0518. The summed E-state index contributed by atoms with van der Waals surface area (Å²) in [5.41, 5.74) is 5.16. The van der Waals surface area contributed by atoms with E-state index in [4.69, 9.17) is 0 Å². The molecule has 2 aromatic carbocycles. The maximum Gasteiger partial charge on any atom is 0.255 e. The van der Waals surface area contributed by atoms with E-state index in [1.54, 1.807) is 0 Å². The normalized spacial score (nSPS) is 13.1. The molecule has 0 saturated heterocycles. The second-order valence-corrected chi connectivity index (χ2v) is 6.25. The van der Waals surface area contributed by atoms with E-state index in [-0.39, 0.29) is 5.91 Å². The molecule has 2 N–H and O–H groups in total. The lowest BCUT2D eigenvalue weighted by atomic mass is 10.1. The lowest BCUT2D eigenvalue weighted by Gasteiger charge is -2.09. The minimum Gasteiger partial charge on any atom is -0.322 e. The summed E-state index contributed by atoms with van der Waals surface area (Å²) < 4.78 is 1.17. The number of amides is 1. The summed E-state index contributed by atoms with van der Waals surface area (Å²) in [6, 6.07) is 11.9. The lowest BCUT2D eigenvalue weighted by molar-refractivity contribution is 0.102. The van der Waals surface area contributed by atoms with Crippen LogP contribution in [0.4, 0.5) is 5.69 Å². The van der Waals surface area contributed by atoms with Crippen LogP contribution in [0, 0.1) is 10.5 Å². The van der Waals surface area contributed by atoms with E-state index in [0.717, 1.165) is 24.3 Å². The molecule has 3 rings (SSSR count). The zero-order chi connectivity index (χ0) is 14.1. The second kappa shape index (κ2) is 5.54. The van der Waals surface area contributed by atoms with Gasteiger partial charge in [0.05, 0.1) is 0 Å². The Bertz CT molecular complexity index is 682. The van der Waals surface area contributed by atoms with Crippen LogP contribution < -0.4 is 10.6 Å². The van der Waals surface area contributed by atoms with Crippen LogP contribution in [0.2, 0.25) is 0 Å². The van der Waals surface area contributed by atoms with Crippen LogP contribution >= 0.6 is 22.6 Å². The van der Waals surface area contributed by atoms with Gasteiger partial charge >= 0.3 is 0 Å². The molecule has 102 valence electrons. The standard InChI is InChI=1S/C16H15IN2O/c1-10-6-14(17)4-5-15(10)19-16(20)11-2-3-12-8-18-9-13(12)7-11/h2-7,18H,8-9H2,1H3,(H,19,20). The number of aryl methyl sites for hydroxylation is 1. The Balaban J connectivity index is 1.82. The number of rotatable bonds is 2. The molecule has 0 unspecified atom stereocenters. The summed E-state index contributed by atoms with van der Waals surface area (Å²) >= 11 is 2.27. The van der Waals surface area contributed by atoms with Crippen LogP contribution in [0.15, 0.2) is 36.4 Å². The van der Waals surface area contributed by atoms with Crippen LogP contribution in [-0.4, -0.2) is 5.91 Å². The predicted octanol–water partition coefficient (Wildman–Crippen LogP) is 3.46. The van der Waals surface area contributed by atoms with Gasteiger partial charge in [0, 0.05) is 27.9 Å². The van der Waals surface area contributed by atoms with Crippen molar-refractivity contribution in [3.05, 3.63) is 62.2 Å². The summed E-state index contributed by atoms with van der Waals surface area (Å²) in [4.78, 5) is 12.3. The van der Waals surface area contributed by atoms with Crippen molar-refractivity contribution >= 4 is 34.2 Å². The van der Waals surface area contributed by atoms with Crippen molar-refractivity contribution < 1.29 is 4.79 Å². The first-order valence-electron chi connectivity index (χ1n) is 6.53. The molecule has 0 radical (unpaired) electrons. The molecule has 0 aromatic heterocycles. The van der Waals surface area contributed by atoms with Gasteiger partial charge in [-0.25, -0.2) is 0 Å². The summed E-state index contributed by atoms with van der Waals surface area (Å²) in [6.45, 7) is 3.75. The Morgan fingerprint density at radius 2 is 1.95 bits per heavy atom. The van der Waals surface area contributed by atoms with Crippen LogP contribution in [0.1, 0.15) is 27.0 Å². The van der Waals surface area contributed by atoms with Gasteiger partial charge in [-0.05, 0) is 76.5 Å². The third-order valence-corrected chi connectivity index (χ3v) is 4.21. The molecular weight excluding hydrogens is 363 g/mol. The Hall–Kier alpha value is -1.40. The molecule has 4 heteroatoms. The number of anilines is 1. The average molecular weight is 378 g/mol. The lowest BCUT2D eigenvalue weighted by Crippen LogP contribution is -2.13. The highest BCUT2D eigenvalue weighted by atomic mass is 127. The van der Waals surface area contributed by atoms with Crippen molar-refractivity contribution in [1.82, 2.24) is 5.32 Å².